The molecule has 1 saturated heterocycles. The molecule has 0 unspecified atom stereocenters. The molecule has 0 radical (unpaired) electrons. The monoisotopic (exact) mass is 691 g/mol. The predicted octanol–water partition coefficient (Wildman–Crippen LogP) is 6.43. The van der Waals surface area contributed by atoms with Gasteiger partial charge in [0.1, 0.15) is 5.25 Å². The number of thiazole rings is 1. The molecule has 5 aromatic rings. The third-order valence-corrected chi connectivity index (χ3v) is 10.6. The molecular formula is C34H24F3N3O6S2. The van der Waals surface area contributed by atoms with Crippen LogP contribution >= 0.6 is 23.1 Å². The van der Waals surface area contributed by atoms with Gasteiger partial charge in [0.15, 0.2) is 18.1 Å². The van der Waals surface area contributed by atoms with Gasteiger partial charge in [-0.2, -0.15) is 13.2 Å². The summed E-state index contributed by atoms with van der Waals surface area (Å²) in [6, 6.07) is 22.3. The summed E-state index contributed by atoms with van der Waals surface area (Å²) < 4.78 is 53.2. The number of carbonyl (C=O) groups excluding carboxylic acids is 3. The fraction of sp³-hybridized carbons (Fsp3) is 0.176. The van der Waals surface area contributed by atoms with Gasteiger partial charge in [-0.3, -0.25) is 19.2 Å². The molecule has 1 aromatic heterocycles. The molecule has 2 N–H and O–H groups in total. The zero-order chi connectivity index (χ0) is 33.7. The number of hydrogen-bond acceptors (Lipinski definition) is 8. The maximum atomic E-state index is 14.0. The first-order chi connectivity index (χ1) is 23.0. The molecule has 0 bridgehead atoms. The number of ether oxygens (including phenoxy) is 2. The van der Waals surface area contributed by atoms with Gasteiger partial charge >= 0.3 is 11.0 Å². The Morgan fingerprint density at radius 3 is 2.48 bits per heavy atom. The van der Waals surface area contributed by atoms with Crippen LogP contribution in [0.3, 0.4) is 0 Å². The number of anilines is 2. The van der Waals surface area contributed by atoms with Crippen molar-refractivity contribution in [1.82, 2.24) is 4.98 Å². The van der Waals surface area contributed by atoms with E-state index in [0.717, 1.165) is 46.0 Å². The Kier molecular flexibility index (Phi) is 8.00. The second kappa shape index (κ2) is 12.2. The molecule has 2 aliphatic heterocycles. The van der Waals surface area contributed by atoms with Crippen molar-refractivity contribution in [3.63, 3.8) is 0 Å². The average Bonchev–Trinajstić information content (AvgIpc) is 3.57. The summed E-state index contributed by atoms with van der Waals surface area (Å²) in [6.07, 6.45) is -4.81. The summed E-state index contributed by atoms with van der Waals surface area (Å²) in [5.41, 5.74) is -0.563. The SMILES string of the molecule is COc1cc([C@@H]2c3sc(=O)[nH]c3S[C@H]3C(=O)N(c4ccccc4C(F)(F)F)C(=O)[C@@H]23)ccc1OCC(=O)Nc1cccc2ccccc12. The Morgan fingerprint density at radius 2 is 1.69 bits per heavy atom. The highest BCUT2D eigenvalue weighted by molar-refractivity contribution is 8.00. The van der Waals surface area contributed by atoms with Crippen molar-refractivity contribution in [2.24, 2.45) is 5.92 Å². The Labute approximate surface area is 278 Å². The molecule has 9 nitrogen and oxygen atoms in total. The van der Waals surface area contributed by atoms with Gasteiger partial charge in [0.25, 0.3) is 5.91 Å². The highest BCUT2D eigenvalue weighted by Gasteiger charge is 2.57. The third kappa shape index (κ3) is 5.50. The van der Waals surface area contributed by atoms with Gasteiger partial charge < -0.3 is 19.8 Å². The lowest BCUT2D eigenvalue weighted by molar-refractivity contribution is -0.137. The summed E-state index contributed by atoms with van der Waals surface area (Å²) in [5, 5.41) is 3.95. The van der Waals surface area contributed by atoms with E-state index in [1.165, 1.54) is 19.2 Å². The lowest BCUT2D eigenvalue weighted by atomic mass is 9.83. The van der Waals surface area contributed by atoms with Crippen molar-refractivity contribution < 1.29 is 37.0 Å². The summed E-state index contributed by atoms with van der Waals surface area (Å²) in [4.78, 5) is 56.4. The first-order valence-corrected chi connectivity index (χ1v) is 16.3. The van der Waals surface area contributed by atoms with Crippen LogP contribution in [0.5, 0.6) is 11.5 Å². The first-order valence-electron chi connectivity index (χ1n) is 14.6. The minimum atomic E-state index is -4.81. The van der Waals surface area contributed by atoms with E-state index in [2.05, 4.69) is 10.3 Å². The number of methoxy groups -OCH3 is 1. The van der Waals surface area contributed by atoms with Crippen LogP contribution in [0.4, 0.5) is 24.5 Å². The molecule has 3 amide bonds. The number of thioether (sulfide) groups is 1. The number of fused-ring (bicyclic) bond motifs is 3. The molecule has 0 saturated carbocycles. The Bertz CT molecular complexity index is 2160. The molecule has 3 atom stereocenters. The minimum absolute atomic E-state index is 0.209. The molecular weight excluding hydrogens is 668 g/mol. The molecule has 1 fully saturated rings. The number of imide groups is 1. The number of aromatic nitrogens is 1. The van der Waals surface area contributed by atoms with Gasteiger partial charge in [-0.15, -0.1) is 0 Å². The zero-order valence-electron chi connectivity index (χ0n) is 24.9. The number of nitrogens with one attached hydrogen (secondary N) is 2. The quantitative estimate of drug-likeness (QED) is 0.189. The number of H-pyrrole nitrogens is 1. The predicted molar refractivity (Wildman–Crippen MR) is 175 cm³/mol. The number of amides is 3. The Hall–Kier alpha value is -5.08. The highest BCUT2D eigenvalue weighted by Crippen LogP contribution is 2.54. The Morgan fingerprint density at radius 1 is 0.938 bits per heavy atom. The Balaban J connectivity index is 1.19. The van der Waals surface area contributed by atoms with Crippen molar-refractivity contribution >= 4 is 63.0 Å². The molecule has 0 spiro atoms. The van der Waals surface area contributed by atoms with Crippen LogP contribution in [-0.2, 0) is 20.6 Å². The van der Waals surface area contributed by atoms with Gasteiger partial charge in [0.05, 0.1) is 29.3 Å². The van der Waals surface area contributed by atoms with Crippen LogP contribution < -0.4 is 24.6 Å². The van der Waals surface area contributed by atoms with E-state index in [0.29, 0.717) is 26.1 Å². The number of nitrogens with zero attached hydrogens (tertiary/aromatic N) is 1. The smallest absolute Gasteiger partial charge is 0.418 e. The standard InChI is InChI=1S/C34H24F3N3O6S2/c1-45-24-15-18(13-14-23(24)46-16-25(41)38-21-11-6-8-17-7-2-3-9-19(17)21)26-27-29(47-30-28(26)48-33(44)39-30)32(43)40(31(27)42)22-12-5-4-10-20(22)34(35,36)37/h2-15,26-27,29H,16H2,1H3,(H,38,41)(H,39,44)/t26-,27-,29+/m0/s1. The number of alkyl halides is 3. The van der Waals surface area contributed by atoms with Gasteiger partial charge in [-0.05, 0) is 41.3 Å². The number of benzene rings is 4. The van der Waals surface area contributed by atoms with E-state index < -0.39 is 57.1 Å². The van der Waals surface area contributed by atoms with Crippen LogP contribution in [0.2, 0.25) is 0 Å². The van der Waals surface area contributed by atoms with E-state index in [9.17, 15) is 32.3 Å². The molecule has 4 aromatic carbocycles. The van der Waals surface area contributed by atoms with Crippen molar-refractivity contribution in [1.29, 1.82) is 0 Å². The minimum Gasteiger partial charge on any atom is -0.493 e. The number of halogens is 3. The molecule has 14 heteroatoms. The molecule has 0 aliphatic carbocycles. The van der Waals surface area contributed by atoms with Crippen LogP contribution in [0.15, 0.2) is 94.7 Å². The maximum absolute atomic E-state index is 14.0. The highest BCUT2D eigenvalue weighted by atomic mass is 32.2. The number of carbonyl (C=O) groups is 3. The zero-order valence-corrected chi connectivity index (χ0v) is 26.5. The number of aromatic amines is 1. The van der Waals surface area contributed by atoms with E-state index in [1.807, 2.05) is 36.4 Å². The van der Waals surface area contributed by atoms with Gasteiger partial charge in [0, 0.05) is 21.9 Å². The van der Waals surface area contributed by atoms with Crippen molar-refractivity contribution in [2.75, 3.05) is 23.9 Å². The summed E-state index contributed by atoms with van der Waals surface area (Å²) >= 11 is 1.82. The first kappa shape index (κ1) is 31.5. The third-order valence-electron chi connectivity index (χ3n) is 8.24. The van der Waals surface area contributed by atoms with Crippen molar-refractivity contribution in [2.45, 2.75) is 22.4 Å². The molecule has 244 valence electrons. The lowest BCUT2D eigenvalue weighted by Crippen LogP contribution is -2.33. The second-order valence-electron chi connectivity index (χ2n) is 11.1. The fourth-order valence-electron chi connectivity index (χ4n) is 6.18. The van der Waals surface area contributed by atoms with E-state index >= 15 is 0 Å². The number of rotatable bonds is 7. The largest absolute Gasteiger partial charge is 0.493 e. The molecule has 7 rings (SSSR count). The number of para-hydroxylation sites is 1. The van der Waals surface area contributed by atoms with Crippen molar-refractivity contribution in [3.8, 4) is 11.5 Å². The van der Waals surface area contributed by atoms with Crippen LogP contribution in [0, 0.1) is 5.92 Å². The van der Waals surface area contributed by atoms with E-state index in [1.54, 1.807) is 24.3 Å². The normalized spacial score (nSPS) is 18.8. The van der Waals surface area contributed by atoms with Crippen LogP contribution in [0.25, 0.3) is 10.8 Å². The molecule has 48 heavy (non-hydrogen) atoms. The lowest BCUT2D eigenvalue weighted by Gasteiger charge is -2.30. The van der Waals surface area contributed by atoms with E-state index in [4.69, 9.17) is 9.47 Å². The average molecular weight is 692 g/mol. The molecule has 2 aliphatic rings. The summed E-state index contributed by atoms with van der Waals surface area (Å²) in [5.74, 6) is -3.60. The maximum Gasteiger partial charge on any atom is 0.418 e. The number of hydrogen-bond donors (Lipinski definition) is 2. The van der Waals surface area contributed by atoms with Crippen molar-refractivity contribution in [3.05, 3.63) is 111 Å². The topological polar surface area (TPSA) is 118 Å². The summed E-state index contributed by atoms with van der Waals surface area (Å²) in [7, 11) is 1.39. The fourth-order valence-corrected chi connectivity index (χ4v) is 8.70. The van der Waals surface area contributed by atoms with Gasteiger partial charge in [0.2, 0.25) is 11.8 Å². The van der Waals surface area contributed by atoms with Crippen LogP contribution in [0.1, 0.15) is 21.9 Å². The van der Waals surface area contributed by atoms with E-state index in [-0.39, 0.29) is 18.1 Å². The van der Waals surface area contributed by atoms with Gasteiger partial charge in [-0.25, -0.2) is 4.90 Å². The van der Waals surface area contributed by atoms with Gasteiger partial charge in [-0.1, -0.05) is 77.7 Å². The summed E-state index contributed by atoms with van der Waals surface area (Å²) in [6.45, 7) is -0.353. The van der Waals surface area contributed by atoms with Crippen LogP contribution in [-0.4, -0.2) is 41.7 Å². The second-order valence-corrected chi connectivity index (χ2v) is 13.2. The molecule has 3 heterocycles.